The molecule has 0 spiro atoms. The molecule has 14 heteroatoms. The minimum absolute atomic E-state index is 0.0522. The van der Waals surface area contributed by atoms with Crippen LogP contribution in [0.4, 0.5) is 0 Å². The van der Waals surface area contributed by atoms with Crippen molar-refractivity contribution in [1.82, 2.24) is 16.0 Å². The zero-order chi connectivity index (χ0) is 24.7. The lowest BCUT2D eigenvalue weighted by Gasteiger charge is -2.24. The number of nitrogens with one attached hydrogen (secondary N) is 3. The van der Waals surface area contributed by atoms with Crippen LogP contribution in [-0.4, -0.2) is 83.2 Å². The van der Waals surface area contributed by atoms with Gasteiger partial charge in [0.25, 0.3) is 0 Å². The predicted molar refractivity (Wildman–Crippen MR) is 125 cm³/mol. The van der Waals surface area contributed by atoms with Crippen molar-refractivity contribution in [3.63, 3.8) is 0 Å². The van der Waals surface area contributed by atoms with Gasteiger partial charge in [-0.1, -0.05) is 0 Å². The van der Waals surface area contributed by atoms with E-state index in [0.717, 1.165) is 0 Å². The number of rotatable bonds is 17. The average Bonchev–Trinajstić information content (AvgIpc) is 2.73. The third kappa shape index (κ3) is 12.1. The topological polar surface area (TPSA) is 220 Å². The minimum Gasteiger partial charge on any atom is -0.480 e. The van der Waals surface area contributed by atoms with Crippen molar-refractivity contribution in [2.75, 3.05) is 24.3 Å². The second-order valence-electron chi connectivity index (χ2n) is 7.05. The summed E-state index contributed by atoms with van der Waals surface area (Å²) in [7, 11) is 0. The second-order valence-corrected chi connectivity index (χ2v) is 8.40. The van der Waals surface area contributed by atoms with E-state index >= 15 is 0 Å². The maximum absolute atomic E-state index is 12.7. The van der Waals surface area contributed by atoms with Crippen molar-refractivity contribution in [2.24, 2.45) is 17.2 Å². The molecule has 0 bridgehead atoms. The van der Waals surface area contributed by atoms with Crippen molar-refractivity contribution in [3.05, 3.63) is 0 Å². The molecule has 0 fully saturated rings. The van der Waals surface area contributed by atoms with E-state index in [1.165, 1.54) is 11.8 Å². The van der Waals surface area contributed by atoms with Gasteiger partial charge in [0, 0.05) is 5.75 Å². The van der Waals surface area contributed by atoms with Gasteiger partial charge < -0.3 is 38.3 Å². The van der Waals surface area contributed by atoms with E-state index in [1.54, 1.807) is 0 Å². The van der Waals surface area contributed by atoms with Gasteiger partial charge in [0.05, 0.1) is 12.5 Å². The molecule has 4 unspecified atom stereocenters. The summed E-state index contributed by atoms with van der Waals surface area (Å²) < 4.78 is 0. The summed E-state index contributed by atoms with van der Waals surface area (Å²) in [6.45, 7) is 0.366. The first-order valence-corrected chi connectivity index (χ1v) is 12.1. The molecule has 0 aliphatic rings. The summed E-state index contributed by atoms with van der Waals surface area (Å²) >= 11 is 5.61. The normalized spacial score (nSPS) is 14.5. The van der Waals surface area contributed by atoms with Gasteiger partial charge in [-0.3, -0.25) is 19.2 Å². The molecule has 0 radical (unpaired) electrons. The van der Waals surface area contributed by atoms with E-state index in [2.05, 4.69) is 28.6 Å². The molecule has 0 aromatic rings. The molecule has 4 amide bonds. The number of primary amides is 1. The van der Waals surface area contributed by atoms with E-state index in [0.29, 0.717) is 31.6 Å². The molecule has 12 nitrogen and oxygen atoms in total. The highest BCUT2D eigenvalue weighted by molar-refractivity contribution is 7.98. The molecule has 0 rings (SSSR count). The number of carbonyl (C=O) groups is 5. The number of nitrogens with two attached hydrogens (primary N) is 3. The highest BCUT2D eigenvalue weighted by Crippen LogP contribution is 2.05. The number of unbranched alkanes of at least 4 members (excludes halogenated alkanes) is 1. The first-order valence-electron chi connectivity index (χ1n) is 10.0. The fourth-order valence-corrected chi connectivity index (χ4v) is 3.30. The van der Waals surface area contributed by atoms with Crippen molar-refractivity contribution in [3.8, 4) is 0 Å². The molecule has 0 aromatic heterocycles. The number of carboxylic acids is 1. The van der Waals surface area contributed by atoms with Gasteiger partial charge in [0.1, 0.15) is 18.1 Å². The lowest BCUT2D eigenvalue weighted by atomic mass is 10.1. The molecule has 0 saturated carbocycles. The van der Waals surface area contributed by atoms with Gasteiger partial charge in [-0.2, -0.15) is 24.4 Å². The van der Waals surface area contributed by atoms with Crippen LogP contribution in [-0.2, 0) is 24.0 Å². The Kier molecular flexibility index (Phi) is 15.5. The summed E-state index contributed by atoms with van der Waals surface area (Å²) in [4.78, 5) is 59.9. The van der Waals surface area contributed by atoms with Crippen molar-refractivity contribution in [1.29, 1.82) is 0 Å². The predicted octanol–water partition coefficient (Wildman–Crippen LogP) is -2.46. The van der Waals surface area contributed by atoms with Gasteiger partial charge >= 0.3 is 5.97 Å². The van der Waals surface area contributed by atoms with Crippen LogP contribution in [0.15, 0.2) is 0 Å². The maximum atomic E-state index is 12.7. The first kappa shape index (κ1) is 30.0. The number of thiol groups is 1. The third-order valence-corrected chi connectivity index (χ3v) is 5.39. The van der Waals surface area contributed by atoms with Crippen LogP contribution >= 0.6 is 24.4 Å². The molecule has 0 heterocycles. The van der Waals surface area contributed by atoms with Gasteiger partial charge in [0.15, 0.2) is 0 Å². The number of hydrogen-bond acceptors (Lipinski definition) is 9. The summed E-state index contributed by atoms with van der Waals surface area (Å²) in [6.07, 6.45) is 2.91. The van der Waals surface area contributed by atoms with Crippen molar-refractivity contribution < 1.29 is 29.1 Å². The molecule has 184 valence electrons. The Hall–Kier alpha value is -2.03. The highest BCUT2D eigenvalue weighted by atomic mass is 32.2. The molecule has 0 aliphatic carbocycles. The van der Waals surface area contributed by atoms with E-state index in [1.807, 2.05) is 6.26 Å². The van der Waals surface area contributed by atoms with Crippen LogP contribution in [0.25, 0.3) is 0 Å². The summed E-state index contributed by atoms with van der Waals surface area (Å²) in [5.74, 6) is -3.73. The lowest BCUT2D eigenvalue weighted by Crippen LogP contribution is -2.57. The first-order chi connectivity index (χ1) is 15.1. The van der Waals surface area contributed by atoms with Crippen LogP contribution in [0.5, 0.6) is 0 Å². The van der Waals surface area contributed by atoms with Crippen molar-refractivity contribution in [2.45, 2.75) is 56.3 Å². The highest BCUT2D eigenvalue weighted by Gasteiger charge is 2.30. The Labute approximate surface area is 196 Å². The third-order valence-electron chi connectivity index (χ3n) is 4.39. The molecular formula is C18H34N6O6S2. The molecule has 0 aliphatic heterocycles. The molecule has 0 aromatic carbocycles. The molecule has 32 heavy (non-hydrogen) atoms. The Bertz CT molecular complexity index is 653. The minimum atomic E-state index is -1.54. The van der Waals surface area contributed by atoms with Crippen LogP contribution in [0, 0.1) is 0 Å². The zero-order valence-electron chi connectivity index (χ0n) is 18.0. The number of carboxylic acid groups (broad SMARTS) is 1. The molecular weight excluding hydrogens is 460 g/mol. The van der Waals surface area contributed by atoms with E-state index in [9.17, 15) is 29.1 Å². The monoisotopic (exact) mass is 494 g/mol. The SMILES string of the molecule is CSCCC(N)C(=O)NC(CS)C(=O)NC(CCCCN)C(=O)NC(CC(N)=O)C(=O)O. The van der Waals surface area contributed by atoms with Crippen LogP contribution < -0.4 is 33.2 Å². The summed E-state index contributed by atoms with van der Waals surface area (Å²) in [5.41, 5.74) is 16.3. The van der Waals surface area contributed by atoms with E-state index in [-0.39, 0.29) is 12.2 Å². The summed E-state index contributed by atoms with van der Waals surface area (Å²) in [5, 5.41) is 16.4. The number of hydrogen-bond donors (Lipinski definition) is 8. The van der Waals surface area contributed by atoms with Crippen LogP contribution in [0.3, 0.4) is 0 Å². The quantitative estimate of drug-likeness (QED) is 0.0792. The average molecular weight is 495 g/mol. The van der Waals surface area contributed by atoms with Gasteiger partial charge in [-0.15, -0.1) is 0 Å². The number of amides is 4. The number of carbonyl (C=O) groups excluding carboxylic acids is 4. The number of thioether (sulfide) groups is 1. The van der Waals surface area contributed by atoms with Gasteiger partial charge in [-0.25, -0.2) is 4.79 Å². The number of aliphatic carboxylic acids is 1. The smallest absolute Gasteiger partial charge is 0.326 e. The van der Waals surface area contributed by atoms with Gasteiger partial charge in [0.2, 0.25) is 23.6 Å². The fourth-order valence-electron chi connectivity index (χ4n) is 2.56. The Morgan fingerprint density at radius 2 is 1.50 bits per heavy atom. The zero-order valence-corrected chi connectivity index (χ0v) is 19.8. The fraction of sp³-hybridized carbons (Fsp3) is 0.722. The lowest BCUT2D eigenvalue weighted by molar-refractivity contribution is -0.143. The summed E-state index contributed by atoms with van der Waals surface area (Å²) in [6, 6.07) is -4.51. The van der Waals surface area contributed by atoms with Crippen molar-refractivity contribution >= 4 is 54.0 Å². The van der Waals surface area contributed by atoms with Gasteiger partial charge in [-0.05, 0) is 44.2 Å². The molecule has 0 saturated heterocycles. The Balaban J connectivity index is 5.24. The maximum Gasteiger partial charge on any atom is 0.326 e. The Morgan fingerprint density at radius 3 is 2.00 bits per heavy atom. The van der Waals surface area contributed by atoms with E-state index in [4.69, 9.17) is 17.2 Å². The second kappa shape index (κ2) is 16.6. The largest absolute Gasteiger partial charge is 0.480 e. The van der Waals surface area contributed by atoms with E-state index < -0.39 is 60.2 Å². The molecule has 4 atom stereocenters. The van der Waals surface area contributed by atoms with Crippen LogP contribution in [0.2, 0.25) is 0 Å². The standard InChI is InChI=1S/C18H34N6O6S2/c1-32-7-5-10(20)15(26)24-13(9-31)17(28)22-11(4-2-3-6-19)16(27)23-12(18(29)30)8-14(21)25/h10-13,31H,2-9,19-20H2,1H3,(H2,21,25)(H,22,28)(H,23,27)(H,24,26)(H,29,30). The van der Waals surface area contributed by atoms with Crippen LogP contribution in [0.1, 0.15) is 32.1 Å². The Morgan fingerprint density at radius 1 is 0.938 bits per heavy atom. The molecule has 10 N–H and O–H groups in total.